The first-order chi connectivity index (χ1) is 9.13. The van der Waals surface area contributed by atoms with Gasteiger partial charge in [0.05, 0.1) is 6.20 Å². The van der Waals surface area contributed by atoms with E-state index in [1.807, 2.05) is 10.9 Å². The van der Waals surface area contributed by atoms with Crippen LogP contribution >= 0.6 is 0 Å². The second kappa shape index (κ2) is 6.56. The minimum Gasteiger partial charge on any atom is -0.330 e. The summed E-state index contributed by atoms with van der Waals surface area (Å²) in [6.07, 6.45) is 9.42. The Labute approximate surface area is 117 Å². The quantitative estimate of drug-likeness (QED) is 0.887. The Bertz CT molecular complexity index is 383. The van der Waals surface area contributed by atoms with Gasteiger partial charge in [0, 0.05) is 12.7 Å². The second-order valence-corrected chi connectivity index (χ2v) is 6.48. The molecule has 3 heteroatoms. The van der Waals surface area contributed by atoms with Gasteiger partial charge in [-0.15, -0.1) is 0 Å². The molecule has 1 aliphatic carbocycles. The van der Waals surface area contributed by atoms with Crippen molar-refractivity contribution in [2.75, 3.05) is 6.54 Å². The maximum atomic E-state index is 5.98. The van der Waals surface area contributed by atoms with Crippen LogP contribution in [0.1, 0.15) is 45.6 Å². The third-order valence-electron chi connectivity index (χ3n) is 4.93. The summed E-state index contributed by atoms with van der Waals surface area (Å²) in [4.78, 5) is 0. The molecule has 0 saturated heterocycles. The maximum absolute atomic E-state index is 5.98. The van der Waals surface area contributed by atoms with Crippen LogP contribution in [0.3, 0.4) is 0 Å². The molecule has 0 spiro atoms. The molecule has 0 bridgehead atoms. The molecule has 0 aliphatic heterocycles. The lowest BCUT2D eigenvalue weighted by Gasteiger charge is -2.37. The van der Waals surface area contributed by atoms with E-state index in [4.69, 9.17) is 5.73 Å². The van der Waals surface area contributed by atoms with E-state index in [1.54, 1.807) is 0 Å². The molecule has 108 valence electrons. The van der Waals surface area contributed by atoms with Crippen molar-refractivity contribution in [1.29, 1.82) is 0 Å². The fourth-order valence-corrected chi connectivity index (χ4v) is 3.52. The van der Waals surface area contributed by atoms with E-state index < -0.39 is 0 Å². The Morgan fingerprint density at radius 3 is 2.74 bits per heavy atom. The number of nitrogens with two attached hydrogens (primary N) is 1. The lowest BCUT2D eigenvalue weighted by atomic mass is 9.69. The van der Waals surface area contributed by atoms with E-state index in [9.17, 15) is 0 Å². The van der Waals surface area contributed by atoms with Crippen LogP contribution in [0.25, 0.3) is 0 Å². The molecule has 0 radical (unpaired) electrons. The normalized spacial score (nSPS) is 27.9. The topological polar surface area (TPSA) is 43.8 Å². The molecule has 1 saturated carbocycles. The van der Waals surface area contributed by atoms with E-state index in [2.05, 4.69) is 32.1 Å². The van der Waals surface area contributed by atoms with Gasteiger partial charge in [0.25, 0.3) is 0 Å². The molecule has 1 aromatic rings. The molecule has 2 N–H and O–H groups in total. The highest BCUT2D eigenvalue weighted by atomic mass is 15.3. The molecular formula is C16H29N3. The highest BCUT2D eigenvalue weighted by molar-refractivity contribution is 5.06. The summed E-state index contributed by atoms with van der Waals surface area (Å²) in [5.74, 6) is 3.15. The predicted molar refractivity (Wildman–Crippen MR) is 79.8 cm³/mol. The van der Waals surface area contributed by atoms with Gasteiger partial charge in [0.15, 0.2) is 0 Å². The zero-order valence-corrected chi connectivity index (χ0v) is 12.7. The average Bonchev–Trinajstić information content (AvgIpc) is 2.86. The van der Waals surface area contributed by atoms with Crippen LogP contribution in [0.15, 0.2) is 12.4 Å². The summed E-state index contributed by atoms with van der Waals surface area (Å²) in [6.45, 7) is 8.66. The Balaban J connectivity index is 2.01. The van der Waals surface area contributed by atoms with Gasteiger partial charge in [-0.1, -0.05) is 13.8 Å². The van der Waals surface area contributed by atoms with Crippen LogP contribution in [-0.2, 0) is 13.0 Å². The summed E-state index contributed by atoms with van der Waals surface area (Å²) < 4.78 is 2.02. The predicted octanol–water partition coefficient (Wildman–Crippen LogP) is 3.09. The Morgan fingerprint density at radius 2 is 2.16 bits per heavy atom. The van der Waals surface area contributed by atoms with E-state index in [-0.39, 0.29) is 0 Å². The van der Waals surface area contributed by atoms with Crippen molar-refractivity contribution < 1.29 is 0 Å². The first-order valence-electron chi connectivity index (χ1n) is 7.85. The largest absolute Gasteiger partial charge is 0.330 e. The van der Waals surface area contributed by atoms with Gasteiger partial charge in [-0.25, -0.2) is 0 Å². The van der Waals surface area contributed by atoms with E-state index >= 15 is 0 Å². The van der Waals surface area contributed by atoms with Crippen molar-refractivity contribution in [2.45, 2.75) is 53.0 Å². The molecule has 19 heavy (non-hydrogen) atoms. The molecule has 3 nitrogen and oxygen atoms in total. The average molecular weight is 263 g/mol. The Morgan fingerprint density at radius 1 is 1.37 bits per heavy atom. The summed E-state index contributed by atoms with van der Waals surface area (Å²) in [5, 5.41) is 4.39. The molecule has 0 aromatic carbocycles. The second-order valence-electron chi connectivity index (χ2n) is 6.48. The number of aromatic nitrogens is 2. The summed E-state index contributed by atoms with van der Waals surface area (Å²) in [7, 11) is 0. The number of nitrogens with zero attached hydrogens (tertiary/aromatic N) is 2. The van der Waals surface area contributed by atoms with Gasteiger partial charge in [-0.05, 0) is 68.4 Å². The highest BCUT2D eigenvalue weighted by Gasteiger charge is 2.31. The third kappa shape index (κ3) is 3.59. The van der Waals surface area contributed by atoms with Crippen molar-refractivity contribution in [1.82, 2.24) is 9.78 Å². The van der Waals surface area contributed by atoms with Crippen molar-refractivity contribution in [3.05, 3.63) is 18.0 Å². The third-order valence-corrected chi connectivity index (χ3v) is 4.93. The fraction of sp³-hybridized carbons (Fsp3) is 0.812. The first kappa shape index (κ1) is 14.6. The van der Waals surface area contributed by atoms with Gasteiger partial charge >= 0.3 is 0 Å². The molecular weight excluding hydrogens is 234 g/mol. The number of hydrogen-bond donors (Lipinski definition) is 1. The van der Waals surface area contributed by atoms with Crippen LogP contribution < -0.4 is 5.73 Å². The molecule has 2 rings (SSSR count). The minimum atomic E-state index is 0.708. The number of aryl methyl sites for hydroxylation is 1. The SMILES string of the molecule is CCn1cc(CC2CC(C(C)C)CCC2CN)cn1. The van der Waals surface area contributed by atoms with Crippen molar-refractivity contribution in [3.63, 3.8) is 0 Å². The number of hydrogen-bond acceptors (Lipinski definition) is 2. The van der Waals surface area contributed by atoms with Crippen LogP contribution in [0.5, 0.6) is 0 Å². The minimum absolute atomic E-state index is 0.708. The van der Waals surface area contributed by atoms with E-state index in [1.165, 1.54) is 24.8 Å². The lowest BCUT2D eigenvalue weighted by Crippen LogP contribution is -2.33. The monoisotopic (exact) mass is 263 g/mol. The lowest BCUT2D eigenvalue weighted by molar-refractivity contribution is 0.151. The summed E-state index contributed by atoms with van der Waals surface area (Å²) in [6, 6.07) is 0. The van der Waals surface area contributed by atoms with E-state index in [0.717, 1.165) is 37.3 Å². The van der Waals surface area contributed by atoms with Gasteiger partial charge in [-0.3, -0.25) is 4.68 Å². The standard InChI is InChI=1S/C16H29N3/c1-4-19-11-13(10-18-19)7-16-8-14(12(2)3)5-6-15(16)9-17/h10-12,14-16H,4-9,17H2,1-3H3. The van der Waals surface area contributed by atoms with Crippen molar-refractivity contribution >= 4 is 0 Å². The van der Waals surface area contributed by atoms with Crippen LogP contribution in [-0.4, -0.2) is 16.3 Å². The van der Waals surface area contributed by atoms with Gasteiger partial charge < -0.3 is 5.73 Å². The summed E-state index contributed by atoms with van der Waals surface area (Å²) in [5.41, 5.74) is 7.36. The molecule has 1 heterocycles. The van der Waals surface area contributed by atoms with E-state index in [0.29, 0.717) is 5.92 Å². The van der Waals surface area contributed by atoms with Crippen molar-refractivity contribution in [3.8, 4) is 0 Å². The summed E-state index contributed by atoms with van der Waals surface area (Å²) >= 11 is 0. The van der Waals surface area contributed by atoms with Crippen LogP contribution in [0, 0.1) is 23.7 Å². The van der Waals surface area contributed by atoms with Crippen molar-refractivity contribution in [2.24, 2.45) is 29.4 Å². The zero-order valence-electron chi connectivity index (χ0n) is 12.7. The molecule has 3 unspecified atom stereocenters. The fourth-order valence-electron chi connectivity index (χ4n) is 3.52. The first-order valence-corrected chi connectivity index (χ1v) is 7.85. The molecule has 1 aliphatic rings. The molecule has 1 aromatic heterocycles. The smallest absolute Gasteiger partial charge is 0.0521 e. The molecule has 0 amide bonds. The Hall–Kier alpha value is -0.830. The molecule has 3 atom stereocenters. The van der Waals surface area contributed by atoms with Crippen LogP contribution in [0.2, 0.25) is 0 Å². The maximum Gasteiger partial charge on any atom is 0.0521 e. The zero-order chi connectivity index (χ0) is 13.8. The molecule has 1 fully saturated rings. The van der Waals surface area contributed by atoms with Gasteiger partial charge in [0.2, 0.25) is 0 Å². The highest BCUT2D eigenvalue weighted by Crippen LogP contribution is 2.38. The Kier molecular flexibility index (Phi) is 5.03. The number of rotatable bonds is 5. The van der Waals surface area contributed by atoms with Crippen LogP contribution in [0.4, 0.5) is 0 Å². The van der Waals surface area contributed by atoms with Gasteiger partial charge in [0.1, 0.15) is 0 Å². The van der Waals surface area contributed by atoms with Gasteiger partial charge in [-0.2, -0.15) is 5.10 Å².